The van der Waals surface area contributed by atoms with E-state index in [0.29, 0.717) is 32.8 Å². The predicted molar refractivity (Wildman–Crippen MR) is 91.1 cm³/mol. The minimum absolute atomic E-state index is 0.135. The van der Waals surface area contributed by atoms with Crippen molar-refractivity contribution in [1.29, 1.82) is 5.26 Å². The molecule has 0 bridgehead atoms. The summed E-state index contributed by atoms with van der Waals surface area (Å²) in [5.74, 6) is -0.236. The molecule has 3 rings (SSSR count). The molecular weight excluding hydrogens is 304 g/mol. The molecule has 1 aliphatic rings. The number of para-hydroxylation sites is 1. The largest absolute Gasteiger partial charge is 0.389 e. The summed E-state index contributed by atoms with van der Waals surface area (Å²) in [5, 5.41) is 13.5. The van der Waals surface area contributed by atoms with Crippen molar-refractivity contribution < 1.29 is 9.53 Å². The lowest BCUT2D eigenvalue weighted by Crippen LogP contribution is -2.41. The van der Waals surface area contributed by atoms with Crippen molar-refractivity contribution in [3.8, 4) is 6.07 Å². The number of aromatic amines is 1. The first-order chi connectivity index (χ1) is 11.8. The summed E-state index contributed by atoms with van der Waals surface area (Å²) < 4.78 is 5.22. The van der Waals surface area contributed by atoms with E-state index in [1.807, 2.05) is 30.5 Å². The number of fused-ring (bicyclic) bond motifs is 1. The summed E-state index contributed by atoms with van der Waals surface area (Å²) in [5.41, 5.74) is 2.46. The van der Waals surface area contributed by atoms with Gasteiger partial charge in [-0.15, -0.1) is 0 Å². The topological polar surface area (TPSA) is 81.2 Å². The Balaban J connectivity index is 1.56. The van der Waals surface area contributed by atoms with Gasteiger partial charge in [-0.25, -0.2) is 0 Å². The van der Waals surface area contributed by atoms with Gasteiger partial charge in [0.1, 0.15) is 11.6 Å². The number of nitriles is 1. The van der Waals surface area contributed by atoms with Gasteiger partial charge in [0.15, 0.2) is 0 Å². The molecule has 1 fully saturated rings. The average Bonchev–Trinajstić information content (AvgIpc) is 3.05. The van der Waals surface area contributed by atoms with Crippen LogP contribution in [0, 0.1) is 11.3 Å². The summed E-state index contributed by atoms with van der Waals surface area (Å²) >= 11 is 0. The molecule has 1 aliphatic heterocycles. The summed E-state index contributed by atoms with van der Waals surface area (Å²) in [6, 6.07) is 10.1. The number of H-pyrrole nitrogens is 1. The summed E-state index contributed by atoms with van der Waals surface area (Å²) in [4.78, 5) is 17.2. The number of carbonyl (C=O) groups is 1. The van der Waals surface area contributed by atoms with Crippen LogP contribution in [0.25, 0.3) is 10.9 Å². The van der Waals surface area contributed by atoms with Gasteiger partial charge in [0.2, 0.25) is 0 Å². The second-order valence-electron chi connectivity index (χ2n) is 5.64. The minimum atomic E-state index is -0.236. The quantitative estimate of drug-likeness (QED) is 0.497. The first kappa shape index (κ1) is 16.1. The number of ether oxygens (including phenoxy) is 1. The van der Waals surface area contributed by atoms with Crippen LogP contribution in [-0.4, -0.2) is 48.6 Å². The normalized spacial score (nSPS) is 15.3. The molecule has 2 aromatic rings. The minimum Gasteiger partial charge on any atom is -0.389 e. The van der Waals surface area contributed by atoms with E-state index in [4.69, 9.17) is 4.74 Å². The third kappa shape index (κ3) is 3.58. The first-order valence-corrected chi connectivity index (χ1v) is 8.05. The van der Waals surface area contributed by atoms with Gasteiger partial charge >= 0.3 is 0 Å². The number of amides is 1. The molecule has 6 nitrogen and oxygen atoms in total. The lowest BCUT2D eigenvalue weighted by Gasteiger charge is -2.26. The predicted octanol–water partition coefficient (Wildman–Crippen LogP) is 1.57. The molecule has 2 N–H and O–H groups in total. The van der Waals surface area contributed by atoms with E-state index in [0.717, 1.165) is 11.9 Å². The van der Waals surface area contributed by atoms with Gasteiger partial charge in [0.05, 0.1) is 13.2 Å². The second-order valence-corrected chi connectivity index (χ2v) is 5.64. The molecule has 0 saturated carbocycles. The molecule has 0 atom stereocenters. The lowest BCUT2D eigenvalue weighted by molar-refractivity contribution is -0.130. The molecule has 0 unspecified atom stereocenters. The molecule has 1 aromatic heterocycles. The highest BCUT2D eigenvalue weighted by molar-refractivity contribution is 5.97. The Morgan fingerprint density at radius 1 is 1.38 bits per heavy atom. The number of morpholine rings is 1. The highest BCUT2D eigenvalue weighted by atomic mass is 16.5. The van der Waals surface area contributed by atoms with Crippen LogP contribution in [0.15, 0.2) is 42.2 Å². The number of hydrogen-bond donors (Lipinski definition) is 2. The van der Waals surface area contributed by atoms with Gasteiger partial charge in [-0.2, -0.15) is 5.26 Å². The fraction of sp³-hybridized carbons (Fsp3) is 0.333. The van der Waals surface area contributed by atoms with Crippen LogP contribution >= 0.6 is 0 Å². The molecular formula is C18H20N4O2. The molecule has 1 amide bonds. The van der Waals surface area contributed by atoms with Crippen molar-refractivity contribution >= 4 is 16.8 Å². The maximum Gasteiger partial charge on any atom is 0.266 e. The maximum absolute atomic E-state index is 12.3. The van der Waals surface area contributed by atoms with E-state index in [-0.39, 0.29) is 11.5 Å². The number of benzene rings is 1. The molecule has 24 heavy (non-hydrogen) atoms. The number of carbonyl (C=O) groups excluding carboxylic acids is 1. The standard InChI is InChI=1S/C18H20N4O2/c19-11-15(18(23)22-7-9-24-10-8-22)12-20-6-5-14-13-21-17-4-2-1-3-16(14)17/h1-4,12-13,20-21H,5-10H2/b15-12-. The third-order valence-corrected chi connectivity index (χ3v) is 4.11. The van der Waals surface area contributed by atoms with Crippen molar-refractivity contribution in [1.82, 2.24) is 15.2 Å². The smallest absolute Gasteiger partial charge is 0.266 e. The van der Waals surface area contributed by atoms with E-state index in [9.17, 15) is 10.1 Å². The summed E-state index contributed by atoms with van der Waals surface area (Å²) in [6.07, 6.45) is 4.33. The highest BCUT2D eigenvalue weighted by Gasteiger charge is 2.20. The Bertz CT molecular complexity index is 782. The van der Waals surface area contributed by atoms with E-state index < -0.39 is 0 Å². The Hall–Kier alpha value is -2.78. The Labute approximate surface area is 140 Å². The lowest BCUT2D eigenvalue weighted by atomic mass is 10.1. The van der Waals surface area contributed by atoms with Crippen molar-refractivity contribution in [3.63, 3.8) is 0 Å². The molecule has 1 saturated heterocycles. The van der Waals surface area contributed by atoms with Crippen LogP contribution in [0.5, 0.6) is 0 Å². The van der Waals surface area contributed by atoms with Crippen molar-refractivity contribution in [2.45, 2.75) is 6.42 Å². The van der Waals surface area contributed by atoms with Crippen LogP contribution in [0.1, 0.15) is 5.56 Å². The number of nitrogens with one attached hydrogen (secondary N) is 2. The van der Waals surface area contributed by atoms with E-state index in [1.165, 1.54) is 17.1 Å². The van der Waals surface area contributed by atoms with Crippen LogP contribution in [-0.2, 0) is 16.0 Å². The molecule has 6 heteroatoms. The Morgan fingerprint density at radius 3 is 2.96 bits per heavy atom. The van der Waals surface area contributed by atoms with Crippen molar-refractivity contribution in [3.05, 3.63) is 47.8 Å². The molecule has 124 valence electrons. The summed E-state index contributed by atoms with van der Waals surface area (Å²) in [6.45, 7) is 2.78. The monoisotopic (exact) mass is 324 g/mol. The van der Waals surface area contributed by atoms with Gasteiger partial charge < -0.3 is 19.9 Å². The maximum atomic E-state index is 12.3. The molecule has 0 radical (unpaired) electrons. The van der Waals surface area contributed by atoms with Gasteiger partial charge in [0.25, 0.3) is 5.91 Å². The number of aromatic nitrogens is 1. The number of nitrogens with zero attached hydrogens (tertiary/aromatic N) is 2. The zero-order chi connectivity index (χ0) is 16.8. The van der Waals surface area contributed by atoms with Crippen molar-refractivity contribution in [2.75, 3.05) is 32.8 Å². The van der Waals surface area contributed by atoms with Crippen LogP contribution in [0.2, 0.25) is 0 Å². The van der Waals surface area contributed by atoms with E-state index >= 15 is 0 Å². The summed E-state index contributed by atoms with van der Waals surface area (Å²) in [7, 11) is 0. The van der Waals surface area contributed by atoms with Gasteiger partial charge in [0, 0.05) is 42.9 Å². The van der Waals surface area contributed by atoms with Crippen LogP contribution < -0.4 is 5.32 Å². The van der Waals surface area contributed by atoms with Crippen molar-refractivity contribution in [2.24, 2.45) is 0 Å². The molecule has 0 spiro atoms. The van der Waals surface area contributed by atoms with E-state index in [1.54, 1.807) is 4.90 Å². The number of rotatable bonds is 5. The van der Waals surface area contributed by atoms with Gasteiger partial charge in [-0.05, 0) is 18.1 Å². The third-order valence-electron chi connectivity index (χ3n) is 4.11. The number of hydrogen-bond acceptors (Lipinski definition) is 4. The van der Waals surface area contributed by atoms with Crippen LogP contribution in [0.3, 0.4) is 0 Å². The molecule has 2 heterocycles. The fourth-order valence-electron chi connectivity index (χ4n) is 2.80. The van der Waals surface area contributed by atoms with Crippen LogP contribution in [0.4, 0.5) is 0 Å². The Morgan fingerprint density at radius 2 is 2.17 bits per heavy atom. The fourth-order valence-corrected chi connectivity index (χ4v) is 2.80. The zero-order valence-electron chi connectivity index (χ0n) is 13.4. The SMILES string of the molecule is N#C/C(=C/NCCc1c[nH]c2ccccc12)C(=O)N1CCOCC1. The molecule has 0 aliphatic carbocycles. The average molecular weight is 324 g/mol. The molecule has 1 aromatic carbocycles. The van der Waals surface area contributed by atoms with Gasteiger partial charge in [-0.3, -0.25) is 4.79 Å². The highest BCUT2D eigenvalue weighted by Crippen LogP contribution is 2.17. The second kappa shape index (κ2) is 7.66. The Kier molecular flexibility index (Phi) is 5.14. The van der Waals surface area contributed by atoms with E-state index in [2.05, 4.69) is 16.4 Å². The first-order valence-electron chi connectivity index (χ1n) is 8.05. The zero-order valence-corrected chi connectivity index (χ0v) is 13.4. The van der Waals surface area contributed by atoms with Gasteiger partial charge in [-0.1, -0.05) is 18.2 Å².